The standard InChI is InChI=1S/C30H48O4/c1-18(25(33)34)7-8-21(31)19(2)20-11-13-28(6)23-10-9-22-26(3,4)24(32)12-14-29(22)17-30(23,29)16-15-27(20,28)5/h7,19-24,31-32H,8-17H2,1-6H3,(H,33,34). The SMILES string of the molecule is CC(=CCC(O)C(C)C1CCC2(C)C3CCC4C(C)(C)C(O)CCC45CC35CCC12C)C(=O)O. The molecule has 34 heavy (non-hydrogen) atoms. The van der Waals surface area contributed by atoms with Gasteiger partial charge in [0.2, 0.25) is 0 Å². The molecule has 10 atom stereocenters. The second-order valence-electron chi connectivity index (χ2n) is 14.4. The van der Waals surface area contributed by atoms with Crippen LogP contribution in [0, 0.1) is 50.7 Å². The van der Waals surface area contributed by atoms with Crippen LogP contribution in [-0.2, 0) is 4.79 Å². The zero-order chi connectivity index (χ0) is 24.9. The van der Waals surface area contributed by atoms with E-state index < -0.39 is 12.1 Å². The molecule has 0 aromatic heterocycles. The molecule has 0 aromatic carbocycles. The highest BCUT2D eigenvalue weighted by Gasteiger charge is 2.82. The van der Waals surface area contributed by atoms with E-state index in [4.69, 9.17) is 0 Å². The predicted molar refractivity (Wildman–Crippen MR) is 134 cm³/mol. The first kappa shape index (κ1) is 24.8. The lowest BCUT2D eigenvalue weighted by Crippen LogP contribution is -2.57. The molecule has 0 saturated heterocycles. The third-order valence-corrected chi connectivity index (χ3v) is 13.4. The fourth-order valence-corrected chi connectivity index (χ4v) is 11.1. The number of aliphatic carboxylic acids is 1. The number of fused-ring (bicyclic) bond motifs is 2. The van der Waals surface area contributed by atoms with Crippen LogP contribution in [0.4, 0.5) is 0 Å². The van der Waals surface area contributed by atoms with E-state index in [0.29, 0.717) is 40.1 Å². The molecule has 5 fully saturated rings. The predicted octanol–water partition coefficient (Wildman–Crippen LogP) is 6.20. The molecule has 2 spiro atoms. The molecule has 3 N–H and O–H groups in total. The molecule has 192 valence electrons. The average molecular weight is 473 g/mol. The highest BCUT2D eigenvalue weighted by molar-refractivity contribution is 5.85. The summed E-state index contributed by atoms with van der Waals surface area (Å²) in [6.45, 7) is 13.6. The maximum absolute atomic E-state index is 11.2. The number of carboxylic acid groups (broad SMARTS) is 1. The van der Waals surface area contributed by atoms with Gasteiger partial charge in [-0.15, -0.1) is 0 Å². The van der Waals surface area contributed by atoms with Crippen molar-refractivity contribution in [1.29, 1.82) is 0 Å². The summed E-state index contributed by atoms with van der Waals surface area (Å²) < 4.78 is 0. The smallest absolute Gasteiger partial charge is 0.330 e. The van der Waals surface area contributed by atoms with Gasteiger partial charge in [-0.25, -0.2) is 4.79 Å². The van der Waals surface area contributed by atoms with E-state index in [2.05, 4.69) is 34.6 Å². The van der Waals surface area contributed by atoms with E-state index >= 15 is 0 Å². The molecule has 5 aliphatic carbocycles. The number of aliphatic hydroxyl groups is 2. The minimum absolute atomic E-state index is 0.0345. The monoisotopic (exact) mass is 472 g/mol. The molecular weight excluding hydrogens is 424 g/mol. The van der Waals surface area contributed by atoms with Gasteiger partial charge in [-0.05, 0) is 122 Å². The Morgan fingerprint density at radius 1 is 0.941 bits per heavy atom. The van der Waals surface area contributed by atoms with Crippen LogP contribution in [0.15, 0.2) is 11.6 Å². The first-order valence-electron chi connectivity index (χ1n) is 14.0. The van der Waals surface area contributed by atoms with Gasteiger partial charge in [-0.3, -0.25) is 0 Å². The minimum Gasteiger partial charge on any atom is -0.478 e. The fourth-order valence-electron chi connectivity index (χ4n) is 11.1. The normalized spacial score (nSPS) is 50.9. The number of rotatable bonds is 5. The van der Waals surface area contributed by atoms with Crippen molar-refractivity contribution in [3.63, 3.8) is 0 Å². The Kier molecular flexibility index (Phi) is 5.52. The molecule has 5 rings (SSSR count). The van der Waals surface area contributed by atoms with Crippen LogP contribution < -0.4 is 0 Å². The van der Waals surface area contributed by atoms with Gasteiger partial charge in [-0.2, -0.15) is 0 Å². The van der Waals surface area contributed by atoms with Gasteiger partial charge in [0.05, 0.1) is 12.2 Å². The van der Waals surface area contributed by atoms with Crippen molar-refractivity contribution in [3.8, 4) is 0 Å². The van der Waals surface area contributed by atoms with E-state index in [1.165, 1.54) is 51.4 Å². The fraction of sp³-hybridized carbons (Fsp3) is 0.900. The number of carbonyl (C=O) groups is 1. The highest BCUT2D eigenvalue weighted by Crippen LogP contribution is 2.89. The summed E-state index contributed by atoms with van der Waals surface area (Å²) in [6, 6.07) is 0. The summed E-state index contributed by atoms with van der Waals surface area (Å²) in [5.74, 6) is 1.19. The second kappa shape index (κ2) is 7.57. The summed E-state index contributed by atoms with van der Waals surface area (Å²) >= 11 is 0. The Labute approximate surface area is 206 Å². The van der Waals surface area contributed by atoms with E-state index in [1.807, 2.05) is 0 Å². The van der Waals surface area contributed by atoms with Crippen molar-refractivity contribution < 1.29 is 20.1 Å². The summed E-state index contributed by atoms with van der Waals surface area (Å²) in [5.41, 5.74) is 1.85. The van der Waals surface area contributed by atoms with Gasteiger partial charge in [-0.1, -0.05) is 40.7 Å². The maximum atomic E-state index is 11.2. The van der Waals surface area contributed by atoms with Crippen molar-refractivity contribution >= 4 is 5.97 Å². The van der Waals surface area contributed by atoms with Gasteiger partial charge in [0.15, 0.2) is 0 Å². The summed E-state index contributed by atoms with van der Waals surface area (Å²) in [7, 11) is 0. The van der Waals surface area contributed by atoms with Gasteiger partial charge in [0.25, 0.3) is 0 Å². The molecule has 0 aromatic rings. The summed E-state index contributed by atoms with van der Waals surface area (Å²) in [4.78, 5) is 11.2. The quantitative estimate of drug-likeness (QED) is 0.416. The van der Waals surface area contributed by atoms with Crippen LogP contribution in [0.1, 0.15) is 106 Å². The van der Waals surface area contributed by atoms with E-state index in [0.717, 1.165) is 12.3 Å². The average Bonchev–Trinajstić information content (AvgIpc) is 3.37. The van der Waals surface area contributed by atoms with Crippen LogP contribution in [0.2, 0.25) is 0 Å². The zero-order valence-corrected chi connectivity index (χ0v) is 22.4. The lowest BCUT2D eigenvalue weighted by molar-refractivity contribution is -0.163. The first-order chi connectivity index (χ1) is 15.8. The molecule has 0 bridgehead atoms. The summed E-state index contributed by atoms with van der Waals surface area (Å²) in [6.07, 6.45) is 12.7. The van der Waals surface area contributed by atoms with Crippen molar-refractivity contribution in [2.24, 2.45) is 50.7 Å². The lowest BCUT2D eigenvalue weighted by atomic mass is 9.41. The number of hydrogen-bond acceptors (Lipinski definition) is 3. The van der Waals surface area contributed by atoms with Crippen LogP contribution >= 0.6 is 0 Å². The number of carboxylic acids is 1. The molecule has 4 heteroatoms. The molecule has 5 saturated carbocycles. The zero-order valence-electron chi connectivity index (χ0n) is 22.4. The molecule has 0 heterocycles. The Balaban J connectivity index is 1.39. The molecule has 4 nitrogen and oxygen atoms in total. The number of aliphatic hydroxyl groups excluding tert-OH is 2. The molecule has 10 unspecified atom stereocenters. The Bertz CT molecular complexity index is 892. The number of hydrogen-bond donors (Lipinski definition) is 3. The topological polar surface area (TPSA) is 77.8 Å². The van der Waals surface area contributed by atoms with Crippen LogP contribution in [-0.4, -0.2) is 33.5 Å². The van der Waals surface area contributed by atoms with E-state index in [-0.39, 0.29) is 22.9 Å². The molecule has 5 aliphatic rings. The van der Waals surface area contributed by atoms with Crippen molar-refractivity contribution in [1.82, 2.24) is 0 Å². The van der Waals surface area contributed by atoms with Crippen molar-refractivity contribution in [2.45, 2.75) is 118 Å². The van der Waals surface area contributed by atoms with Crippen LogP contribution in [0.3, 0.4) is 0 Å². The summed E-state index contributed by atoms with van der Waals surface area (Å²) in [5, 5.41) is 31.1. The lowest BCUT2D eigenvalue weighted by Gasteiger charge is -2.63. The largest absolute Gasteiger partial charge is 0.478 e. The third kappa shape index (κ3) is 2.93. The Morgan fingerprint density at radius 2 is 1.59 bits per heavy atom. The van der Waals surface area contributed by atoms with E-state index in [1.54, 1.807) is 13.0 Å². The molecule has 0 radical (unpaired) electrons. The maximum Gasteiger partial charge on any atom is 0.330 e. The van der Waals surface area contributed by atoms with Gasteiger partial charge < -0.3 is 15.3 Å². The Morgan fingerprint density at radius 3 is 2.26 bits per heavy atom. The van der Waals surface area contributed by atoms with Crippen LogP contribution in [0.25, 0.3) is 0 Å². The van der Waals surface area contributed by atoms with E-state index in [9.17, 15) is 20.1 Å². The molecule has 0 aliphatic heterocycles. The second-order valence-corrected chi connectivity index (χ2v) is 14.4. The van der Waals surface area contributed by atoms with Gasteiger partial charge >= 0.3 is 5.97 Å². The third-order valence-electron chi connectivity index (χ3n) is 13.4. The molecular formula is C30H48O4. The Hall–Kier alpha value is -0.870. The van der Waals surface area contributed by atoms with Crippen LogP contribution in [0.5, 0.6) is 0 Å². The van der Waals surface area contributed by atoms with Gasteiger partial charge in [0, 0.05) is 5.57 Å². The van der Waals surface area contributed by atoms with Crippen molar-refractivity contribution in [3.05, 3.63) is 11.6 Å². The first-order valence-corrected chi connectivity index (χ1v) is 14.0. The molecule has 0 amide bonds. The highest BCUT2D eigenvalue weighted by atomic mass is 16.4. The minimum atomic E-state index is -0.898. The van der Waals surface area contributed by atoms with Gasteiger partial charge in [0.1, 0.15) is 0 Å². The van der Waals surface area contributed by atoms with Crippen molar-refractivity contribution in [2.75, 3.05) is 0 Å².